The Kier molecular flexibility index (Phi) is 2.23. The topological polar surface area (TPSA) is 22.2 Å². The molecule has 0 aliphatic carbocycles. The Morgan fingerprint density at radius 2 is 2.06 bits per heavy atom. The van der Waals surface area contributed by atoms with Crippen molar-refractivity contribution in [1.29, 1.82) is 0 Å². The number of imidazole rings is 2. The molecule has 3 nitrogen and oxygen atoms in total. The van der Waals surface area contributed by atoms with E-state index in [1.165, 1.54) is 0 Å². The van der Waals surface area contributed by atoms with Gasteiger partial charge in [-0.3, -0.25) is 4.40 Å². The first-order chi connectivity index (χ1) is 8.15. The van der Waals surface area contributed by atoms with E-state index >= 15 is 0 Å². The van der Waals surface area contributed by atoms with E-state index in [-0.39, 0.29) is 0 Å². The smallest absolute Gasteiger partial charge is 0.214 e. The highest BCUT2D eigenvalue weighted by Crippen LogP contribution is 2.24. The Balaban J connectivity index is 2.24. The number of rotatable bonds is 1. The monoisotopic (exact) mass is 245 g/mol. The average Bonchev–Trinajstić information content (AvgIpc) is 2.78. The van der Waals surface area contributed by atoms with Crippen LogP contribution < -0.4 is 0 Å². The van der Waals surface area contributed by atoms with Gasteiger partial charge in [0.2, 0.25) is 5.78 Å². The number of aryl methyl sites for hydroxylation is 2. The van der Waals surface area contributed by atoms with Crippen molar-refractivity contribution < 1.29 is 0 Å². The van der Waals surface area contributed by atoms with Gasteiger partial charge in [-0.05, 0) is 19.1 Å². The van der Waals surface area contributed by atoms with Gasteiger partial charge in [0.15, 0.2) is 0 Å². The molecule has 1 aromatic carbocycles. The van der Waals surface area contributed by atoms with Gasteiger partial charge in [0.05, 0.1) is 11.4 Å². The van der Waals surface area contributed by atoms with Gasteiger partial charge in [0.25, 0.3) is 0 Å². The Labute approximate surface area is 104 Å². The molecule has 0 saturated heterocycles. The van der Waals surface area contributed by atoms with E-state index in [0.29, 0.717) is 0 Å². The molecule has 86 valence electrons. The standard InChI is InChI=1S/C13H12ClN3/c1-9-7-17-8-12(16(2)13(17)15-9)10-4-3-5-11(14)6-10/h3-8H,1-2H3. The lowest BCUT2D eigenvalue weighted by Gasteiger charge is -2.02. The van der Waals surface area contributed by atoms with E-state index in [9.17, 15) is 0 Å². The number of benzene rings is 1. The van der Waals surface area contributed by atoms with Crippen LogP contribution in [0.4, 0.5) is 0 Å². The zero-order valence-corrected chi connectivity index (χ0v) is 10.4. The summed E-state index contributed by atoms with van der Waals surface area (Å²) in [5.74, 6) is 0.942. The third-order valence-electron chi connectivity index (χ3n) is 2.88. The predicted octanol–water partition coefficient (Wildman–Crippen LogP) is 3.30. The second-order valence-electron chi connectivity index (χ2n) is 4.17. The molecule has 0 aliphatic rings. The average molecular weight is 246 g/mol. The SMILES string of the molecule is Cc1cn2cc(-c3cccc(Cl)c3)n(C)c2n1. The van der Waals surface area contributed by atoms with Crippen LogP contribution in [-0.4, -0.2) is 14.0 Å². The first-order valence-corrected chi connectivity index (χ1v) is 5.80. The van der Waals surface area contributed by atoms with Gasteiger partial charge in [-0.25, -0.2) is 4.98 Å². The summed E-state index contributed by atoms with van der Waals surface area (Å²) in [6.07, 6.45) is 4.09. The molecule has 0 saturated carbocycles. The summed E-state index contributed by atoms with van der Waals surface area (Å²) in [7, 11) is 2.01. The number of halogens is 1. The third kappa shape index (κ3) is 1.63. The minimum atomic E-state index is 0.748. The maximum atomic E-state index is 6.01. The molecule has 0 radical (unpaired) electrons. The fourth-order valence-electron chi connectivity index (χ4n) is 2.09. The molecule has 17 heavy (non-hydrogen) atoms. The first kappa shape index (κ1) is 10.4. The van der Waals surface area contributed by atoms with Crippen LogP contribution in [-0.2, 0) is 7.05 Å². The summed E-state index contributed by atoms with van der Waals surface area (Å²) >= 11 is 6.01. The molecule has 0 spiro atoms. The Bertz CT molecular complexity index is 694. The van der Waals surface area contributed by atoms with Crippen LogP contribution in [0, 0.1) is 6.92 Å². The lowest BCUT2D eigenvalue weighted by molar-refractivity contribution is 0.943. The second-order valence-corrected chi connectivity index (χ2v) is 4.61. The lowest BCUT2D eigenvalue weighted by Crippen LogP contribution is -1.92. The minimum absolute atomic E-state index is 0.748. The molecular formula is C13H12ClN3. The molecule has 0 amide bonds. The molecular weight excluding hydrogens is 234 g/mol. The van der Waals surface area contributed by atoms with Crippen LogP contribution in [0.25, 0.3) is 17.0 Å². The predicted molar refractivity (Wildman–Crippen MR) is 69.3 cm³/mol. The van der Waals surface area contributed by atoms with Crippen LogP contribution in [0.2, 0.25) is 5.02 Å². The highest BCUT2D eigenvalue weighted by molar-refractivity contribution is 6.30. The molecule has 4 heteroatoms. The van der Waals surface area contributed by atoms with E-state index in [1.54, 1.807) is 0 Å². The highest BCUT2D eigenvalue weighted by Gasteiger charge is 2.09. The summed E-state index contributed by atoms with van der Waals surface area (Å²) < 4.78 is 4.10. The van der Waals surface area contributed by atoms with Crippen LogP contribution in [0.5, 0.6) is 0 Å². The number of aromatic nitrogens is 3. The molecule has 0 fully saturated rings. The van der Waals surface area contributed by atoms with E-state index in [4.69, 9.17) is 11.6 Å². The molecule has 3 rings (SSSR count). The Hall–Kier alpha value is -1.74. The number of fused-ring (bicyclic) bond motifs is 1. The molecule has 0 N–H and O–H groups in total. The van der Waals surface area contributed by atoms with Gasteiger partial charge >= 0.3 is 0 Å². The van der Waals surface area contributed by atoms with Crippen LogP contribution in [0.15, 0.2) is 36.7 Å². The van der Waals surface area contributed by atoms with Gasteiger partial charge in [0, 0.05) is 30.0 Å². The molecule has 2 aromatic heterocycles. The van der Waals surface area contributed by atoms with Crippen molar-refractivity contribution in [2.24, 2.45) is 7.05 Å². The summed E-state index contributed by atoms with van der Waals surface area (Å²) in [6, 6.07) is 7.85. The summed E-state index contributed by atoms with van der Waals surface area (Å²) in [5.41, 5.74) is 3.23. The second kappa shape index (κ2) is 3.64. The zero-order valence-electron chi connectivity index (χ0n) is 9.68. The summed E-state index contributed by atoms with van der Waals surface area (Å²) in [5, 5.41) is 0.748. The summed E-state index contributed by atoms with van der Waals surface area (Å²) in [4.78, 5) is 4.47. The fourth-order valence-corrected chi connectivity index (χ4v) is 2.28. The van der Waals surface area contributed by atoms with Crippen molar-refractivity contribution in [3.05, 3.63) is 47.4 Å². The van der Waals surface area contributed by atoms with Gasteiger partial charge < -0.3 is 4.57 Å². The highest BCUT2D eigenvalue weighted by atomic mass is 35.5. The maximum absolute atomic E-state index is 6.01. The van der Waals surface area contributed by atoms with Crippen molar-refractivity contribution >= 4 is 17.4 Å². The fraction of sp³-hybridized carbons (Fsp3) is 0.154. The van der Waals surface area contributed by atoms with Gasteiger partial charge in [-0.15, -0.1) is 0 Å². The minimum Gasteiger partial charge on any atom is -0.313 e. The normalized spacial score (nSPS) is 11.2. The lowest BCUT2D eigenvalue weighted by atomic mass is 10.2. The Morgan fingerprint density at radius 1 is 1.24 bits per heavy atom. The van der Waals surface area contributed by atoms with Crippen molar-refractivity contribution in [3.63, 3.8) is 0 Å². The van der Waals surface area contributed by atoms with Crippen LogP contribution >= 0.6 is 11.6 Å². The van der Waals surface area contributed by atoms with Crippen molar-refractivity contribution in [3.8, 4) is 11.3 Å². The maximum Gasteiger partial charge on any atom is 0.214 e. The van der Waals surface area contributed by atoms with Crippen molar-refractivity contribution in [2.45, 2.75) is 6.92 Å². The van der Waals surface area contributed by atoms with Crippen molar-refractivity contribution in [1.82, 2.24) is 14.0 Å². The number of hydrogen-bond acceptors (Lipinski definition) is 1. The van der Waals surface area contributed by atoms with Crippen molar-refractivity contribution in [2.75, 3.05) is 0 Å². The number of hydrogen-bond donors (Lipinski definition) is 0. The summed E-state index contributed by atoms with van der Waals surface area (Å²) in [6.45, 7) is 1.99. The van der Waals surface area contributed by atoms with E-state index in [0.717, 1.165) is 27.8 Å². The molecule has 0 unspecified atom stereocenters. The van der Waals surface area contributed by atoms with E-state index < -0.39 is 0 Å². The molecule has 2 heterocycles. The van der Waals surface area contributed by atoms with Crippen LogP contribution in [0.3, 0.4) is 0 Å². The van der Waals surface area contributed by atoms with Crippen LogP contribution in [0.1, 0.15) is 5.69 Å². The van der Waals surface area contributed by atoms with Gasteiger partial charge in [0.1, 0.15) is 0 Å². The van der Waals surface area contributed by atoms with Gasteiger partial charge in [-0.1, -0.05) is 23.7 Å². The van der Waals surface area contributed by atoms with E-state index in [2.05, 4.69) is 15.7 Å². The molecule has 0 aliphatic heterocycles. The quantitative estimate of drug-likeness (QED) is 0.645. The number of nitrogens with zero attached hydrogens (tertiary/aromatic N) is 3. The Morgan fingerprint density at radius 3 is 2.76 bits per heavy atom. The third-order valence-corrected chi connectivity index (χ3v) is 3.11. The molecule has 0 atom stereocenters. The molecule has 0 bridgehead atoms. The van der Waals surface area contributed by atoms with E-state index in [1.807, 2.05) is 48.8 Å². The first-order valence-electron chi connectivity index (χ1n) is 5.42. The zero-order chi connectivity index (χ0) is 12.0. The van der Waals surface area contributed by atoms with Gasteiger partial charge in [-0.2, -0.15) is 0 Å². The molecule has 3 aromatic rings. The largest absolute Gasteiger partial charge is 0.313 e.